The fraction of sp³-hybridized carbons (Fsp3) is 0.476. The van der Waals surface area contributed by atoms with Crippen LogP contribution < -0.4 is 9.47 Å². The van der Waals surface area contributed by atoms with Crippen LogP contribution in [0.4, 0.5) is 0 Å². The van der Waals surface area contributed by atoms with Crippen molar-refractivity contribution in [3.63, 3.8) is 0 Å². The summed E-state index contributed by atoms with van der Waals surface area (Å²) in [6.45, 7) is 6.10. The molecule has 3 atom stereocenters. The number of hydrogen-bond acceptors (Lipinski definition) is 5. The lowest BCUT2D eigenvalue weighted by molar-refractivity contribution is -0.123. The van der Waals surface area contributed by atoms with Gasteiger partial charge in [0.05, 0.1) is 14.2 Å². The molecule has 3 rings (SSSR count). The molecule has 5 nitrogen and oxygen atoms in total. The Bertz CT molecular complexity index is 723. The van der Waals surface area contributed by atoms with Crippen LogP contribution in [0.5, 0.6) is 11.5 Å². The summed E-state index contributed by atoms with van der Waals surface area (Å²) in [5.74, 6) is 2.20. The number of rotatable bonds is 7. The Balaban J connectivity index is 1.86. The molecule has 0 radical (unpaired) electrons. The molecule has 2 aliphatic rings. The first-order valence-corrected chi connectivity index (χ1v) is 8.88. The third-order valence-corrected chi connectivity index (χ3v) is 5.41. The molecule has 1 heterocycles. The third kappa shape index (κ3) is 3.23. The average molecular weight is 358 g/mol. The molecular weight excluding hydrogens is 332 g/mol. The van der Waals surface area contributed by atoms with Crippen LogP contribution in [-0.4, -0.2) is 32.4 Å². The SMILES string of the molecule is C=CCC1CC2(C(C)Cc3ccc(OC)c(OC)c3)OCOC2=CC1=O. The predicted octanol–water partition coefficient (Wildman–Crippen LogP) is 3.67. The molecule has 1 aliphatic carbocycles. The van der Waals surface area contributed by atoms with E-state index in [4.69, 9.17) is 18.9 Å². The van der Waals surface area contributed by atoms with Gasteiger partial charge in [0.15, 0.2) is 24.1 Å². The summed E-state index contributed by atoms with van der Waals surface area (Å²) < 4.78 is 22.4. The molecule has 1 saturated heterocycles. The van der Waals surface area contributed by atoms with Gasteiger partial charge in [0.1, 0.15) is 11.4 Å². The van der Waals surface area contributed by atoms with Gasteiger partial charge in [-0.2, -0.15) is 0 Å². The minimum Gasteiger partial charge on any atom is -0.493 e. The normalized spacial score (nSPS) is 25.7. The fourth-order valence-corrected chi connectivity index (χ4v) is 3.94. The lowest BCUT2D eigenvalue weighted by Crippen LogP contribution is -2.44. The van der Waals surface area contributed by atoms with Crippen LogP contribution >= 0.6 is 0 Å². The van der Waals surface area contributed by atoms with Gasteiger partial charge in [-0.3, -0.25) is 4.79 Å². The summed E-state index contributed by atoms with van der Waals surface area (Å²) in [6.07, 6.45) is 5.46. The van der Waals surface area contributed by atoms with Gasteiger partial charge in [-0.15, -0.1) is 6.58 Å². The Hall–Kier alpha value is -2.27. The molecule has 0 spiro atoms. The van der Waals surface area contributed by atoms with Crippen LogP contribution in [0.15, 0.2) is 42.7 Å². The summed E-state index contributed by atoms with van der Waals surface area (Å²) in [7, 11) is 3.25. The molecule has 0 bridgehead atoms. The maximum Gasteiger partial charge on any atom is 0.189 e. The topological polar surface area (TPSA) is 54.0 Å². The zero-order valence-electron chi connectivity index (χ0n) is 15.6. The van der Waals surface area contributed by atoms with Crippen molar-refractivity contribution in [1.82, 2.24) is 0 Å². The second-order valence-corrected chi connectivity index (χ2v) is 6.93. The van der Waals surface area contributed by atoms with Crippen LogP contribution in [0, 0.1) is 11.8 Å². The highest BCUT2D eigenvalue weighted by Crippen LogP contribution is 2.46. The van der Waals surface area contributed by atoms with Gasteiger partial charge in [0.2, 0.25) is 0 Å². The van der Waals surface area contributed by atoms with Crippen LogP contribution in [0.1, 0.15) is 25.3 Å². The lowest BCUT2D eigenvalue weighted by Gasteiger charge is -2.38. The van der Waals surface area contributed by atoms with Gasteiger partial charge in [0.25, 0.3) is 0 Å². The van der Waals surface area contributed by atoms with Crippen LogP contribution in [0.3, 0.4) is 0 Å². The Labute approximate surface area is 154 Å². The Morgan fingerprint density at radius 1 is 1.35 bits per heavy atom. The predicted molar refractivity (Wildman–Crippen MR) is 98.2 cm³/mol. The van der Waals surface area contributed by atoms with Crippen molar-refractivity contribution < 1.29 is 23.7 Å². The van der Waals surface area contributed by atoms with Crippen molar-refractivity contribution in [3.05, 3.63) is 48.3 Å². The first kappa shape index (κ1) is 18.5. The van der Waals surface area contributed by atoms with Gasteiger partial charge >= 0.3 is 0 Å². The fourth-order valence-electron chi connectivity index (χ4n) is 3.94. The maximum absolute atomic E-state index is 12.3. The van der Waals surface area contributed by atoms with E-state index in [1.807, 2.05) is 18.2 Å². The first-order chi connectivity index (χ1) is 12.5. The van der Waals surface area contributed by atoms with Crippen LogP contribution in [0.25, 0.3) is 0 Å². The summed E-state index contributed by atoms with van der Waals surface area (Å²) >= 11 is 0. The van der Waals surface area contributed by atoms with Crippen LogP contribution in [-0.2, 0) is 20.7 Å². The van der Waals surface area contributed by atoms with Gasteiger partial charge in [0, 0.05) is 12.0 Å². The number of carbonyl (C=O) groups is 1. The summed E-state index contributed by atoms with van der Waals surface area (Å²) in [5, 5.41) is 0. The van der Waals surface area contributed by atoms with Crippen molar-refractivity contribution in [2.24, 2.45) is 11.8 Å². The second kappa shape index (κ2) is 7.54. The average Bonchev–Trinajstić information content (AvgIpc) is 3.06. The lowest BCUT2D eigenvalue weighted by atomic mass is 9.71. The summed E-state index contributed by atoms with van der Waals surface area (Å²) in [5.41, 5.74) is 0.561. The van der Waals surface area contributed by atoms with Gasteiger partial charge < -0.3 is 18.9 Å². The van der Waals surface area contributed by atoms with E-state index < -0.39 is 5.60 Å². The molecule has 140 valence electrons. The first-order valence-electron chi connectivity index (χ1n) is 8.88. The number of ketones is 1. The highest BCUT2D eigenvalue weighted by Gasteiger charge is 2.51. The molecule has 1 aliphatic heterocycles. The monoisotopic (exact) mass is 358 g/mol. The third-order valence-electron chi connectivity index (χ3n) is 5.41. The van der Waals surface area contributed by atoms with Crippen LogP contribution in [0.2, 0.25) is 0 Å². The molecular formula is C21H26O5. The Kier molecular flexibility index (Phi) is 5.37. The number of hydrogen-bond donors (Lipinski definition) is 0. The van der Waals surface area contributed by atoms with E-state index in [1.165, 1.54) is 0 Å². The standard InChI is InChI=1S/C21H26O5/c1-5-6-16-12-21(20(11-17(16)22)25-13-26-21)14(2)9-15-7-8-18(23-3)19(10-15)24-4/h5,7-8,10-11,14,16H,1,6,9,12-13H2,2-4H3. The minimum absolute atomic E-state index is 0.0966. The van der Waals surface area contributed by atoms with Crippen molar-refractivity contribution in [2.45, 2.75) is 31.8 Å². The molecule has 1 aromatic carbocycles. The van der Waals surface area contributed by atoms with Gasteiger partial charge in [-0.05, 0) is 42.9 Å². The number of fused-ring (bicyclic) bond motifs is 1. The van der Waals surface area contributed by atoms with E-state index in [0.717, 1.165) is 12.0 Å². The molecule has 1 aromatic rings. The summed E-state index contributed by atoms with van der Waals surface area (Å²) in [6, 6.07) is 5.93. The smallest absolute Gasteiger partial charge is 0.189 e. The molecule has 0 saturated carbocycles. The van der Waals surface area contributed by atoms with E-state index in [0.29, 0.717) is 30.1 Å². The molecule has 3 unspecified atom stereocenters. The van der Waals surface area contributed by atoms with E-state index in [9.17, 15) is 4.79 Å². The van der Waals surface area contributed by atoms with Crippen molar-refractivity contribution in [2.75, 3.05) is 21.0 Å². The maximum atomic E-state index is 12.3. The minimum atomic E-state index is -0.561. The zero-order chi connectivity index (χ0) is 18.7. The number of benzene rings is 1. The number of ether oxygens (including phenoxy) is 4. The quantitative estimate of drug-likeness (QED) is 0.696. The molecule has 5 heteroatoms. The van der Waals surface area contributed by atoms with Gasteiger partial charge in [-0.1, -0.05) is 19.1 Å². The second-order valence-electron chi connectivity index (χ2n) is 6.93. The van der Waals surface area contributed by atoms with Crippen molar-refractivity contribution >= 4 is 5.78 Å². The van der Waals surface area contributed by atoms with E-state index in [2.05, 4.69) is 13.5 Å². The molecule has 0 aromatic heterocycles. The van der Waals surface area contributed by atoms with Crippen molar-refractivity contribution in [3.8, 4) is 11.5 Å². The van der Waals surface area contributed by atoms with E-state index in [1.54, 1.807) is 26.4 Å². The Morgan fingerprint density at radius 3 is 2.81 bits per heavy atom. The zero-order valence-corrected chi connectivity index (χ0v) is 15.6. The Morgan fingerprint density at radius 2 is 2.12 bits per heavy atom. The number of methoxy groups -OCH3 is 2. The largest absolute Gasteiger partial charge is 0.493 e. The highest BCUT2D eigenvalue weighted by molar-refractivity contribution is 5.93. The highest BCUT2D eigenvalue weighted by atomic mass is 16.7. The summed E-state index contributed by atoms with van der Waals surface area (Å²) in [4.78, 5) is 12.3. The molecule has 0 N–H and O–H groups in total. The van der Waals surface area contributed by atoms with Crippen molar-refractivity contribution in [1.29, 1.82) is 0 Å². The van der Waals surface area contributed by atoms with E-state index in [-0.39, 0.29) is 24.4 Å². The molecule has 0 amide bonds. The number of carbonyl (C=O) groups excluding carboxylic acids is 1. The molecule has 1 fully saturated rings. The van der Waals surface area contributed by atoms with E-state index >= 15 is 0 Å². The van der Waals surface area contributed by atoms with Gasteiger partial charge in [-0.25, -0.2) is 0 Å². The molecule has 26 heavy (non-hydrogen) atoms. The number of allylic oxidation sites excluding steroid dienone is 2.